The molecule has 1 fully saturated rings. The number of carbonyl (C=O) groups excluding carboxylic acids is 4. The van der Waals surface area contributed by atoms with Crippen molar-refractivity contribution in [3.63, 3.8) is 0 Å². The SMILES string of the molecule is CC(C)NC(=O)c1ccc(NC(=O)c2cccc(N3NC(=O)C4CC=CCC4C3=O)c2)cc1. The molecule has 33 heavy (non-hydrogen) atoms. The van der Waals surface area contributed by atoms with Gasteiger partial charge in [-0.1, -0.05) is 18.2 Å². The Morgan fingerprint density at radius 2 is 1.64 bits per heavy atom. The summed E-state index contributed by atoms with van der Waals surface area (Å²) in [6.07, 6.45) is 4.94. The second kappa shape index (κ2) is 9.28. The van der Waals surface area contributed by atoms with Gasteiger partial charge in [-0.05, 0) is 69.2 Å². The van der Waals surface area contributed by atoms with Crippen LogP contribution in [0.2, 0.25) is 0 Å². The van der Waals surface area contributed by atoms with E-state index in [-0.39, 0.29) is 35.6 Å². The number of carbonyl (C=O) groups is 4. The van der Waals surface area contributed by atoms with Crippen molar-refractivity contribution in [3.8, 4) is 0 Å². The minimum absolute atomic E-state index is 0.0289. The molecule has 0 aromatic heterocycles. The Morgan fingerprint density at radius 1 is 0.939 bits per heavy atom. The van der Waals surface area contributed by atoms with Crippen LogP contribution in [0.25, 0.3) is 0 Å². The van der Waals surface area contributed by atoms with Gasteiger partial charge in [0.25, 0.3) is 11.8 Å². The Labute approximate surface area is 192 Å². The highest BCUT2D eigenvalue weighted by atomic mass is 16.2. The zero-order valence-corrected chi connectivity index (χ0v) is 18.5. The van der Waals surface area contributed by atoms with Crippen LogP contribution in [0, 0.1) is 11.8 Å². The molecule has 0 bridgehead atoms. The van der Waals surface area contributed by atoms with E-state index in [1.165, 1.54) is 5.01 Å². The van der Waals surface area contributed by atoms with E-state index in [9.17, 15) is 19.2 Å². The average molecular weight is 447 g/mol. The van der Waals surface area contributed by atoms with Crippen molar-refractivity contribution in [1.29, 1.82) is 0 Å². The molecular formula is C25H26N4O4. The highest BCUT2D eigenvalue weighted by Gasteiger charge is 2.42. The number of anilines is 2. The first-order chi connectivity index (χ1) is 15.8. The lowest BCUT2D eigenvalue weighted by Crippen LogP contribution is -2.59. The van der Waals surface area contributed by atoms with E-state index < -0.39 is 5.92 Å². The van der Waals surface area contributed by atoms with Gasteiger partial charge in [0.2, 0.25) is 11.8 Å². The van der Waals surface area contributed by atoms with Crippen LogP contribution in [0.3, 0.4) is 0 Å². The van der Waals surface area contributed by atoms with E-state index >= 15 is 0 Å². The predicted octanol–water partition coefficient (Wildman–Crippen LogP) is 3.04. The molecule has 2 atom stereocenters. The minimum atomic E-state index is -0.396. The summed E-state index contributed by atoms with van der Waals surface area (Å²) in [5, 5.41) is 6.84. The number of rotatable bonds is 5. The molecule has 3 N–H and O–H groups in total. The summed E-state index contributed by atoms with van der Waals surface area (Å²) in [5.41, 5.74) is 4.46. The van der Waals surface area contributed by atoms with Crippen molar-refractivity contribution in [2.75, 3.05) is 10.3 Å². The van der Waals surface area contributed by atoms with E-state index in [0.29, 0.717) is 35.3 Å². The molecule has 1 heterocycles. The molecule has 1 saturated heterocycles. The van der Waals surface area contributed by atoms with Crippen LogP contribution in [-0.2, 0) is 9.59 Å². The van der Waals surface area contributed by atoms with Gasteiger partial charge in [-0.3, -0.25) is 24.6 Å². The summed E-state index contributed by atoms with van der Waals surface area (Å²) in [6.45, 7) is 3.77. The summed E-state index contributed by atoms with van der Waals surface area (Å²) < 4.78 is 0. The Hall–Kier alpha value is -3.94. The summed E-state index contributed by atoms with van der Waals surface area (Å²) >= 11 is 0. The lowest BCUT2D eigenvalue weighted by Gasteiger charge is -2.38. The fraction of sp³-hybridized carbons (Fsp3) is 0.280. The van der Waals surface area contributed by atoms with Gasteiger partial charge in [0, 0.05) is 22.9 Å². The van der Waals surface area contributed by atoms with E-state index in [2.05, 4.69) is 16.1 Å². The molecular weight excluding hydrogens is 420 g/mol. The molecule has 4 amide bonds. The minimum Gasteiger partial charge on any atom is -0.350 e. The first kappa shape index (κ1) is 22.3. The van der Waals surface area contributed by atoms with Gasteiger partial charge in [0.15, 0.2) is 0 Å². The van der Waals surface area contributed by atoms with Gasteiger partial charge >= 0.3 is 0 Å². The molecule has 2 aliphatic rings. The van der Waals surface area contributed by atoms with E-state index in [4.69, 9.17) is 0 Å². The number of nitrogens with one attached hydrogen (secondary N) is 3. The fourth-order valence-corrected chi connectivity index (χ4v) is 4.02. The van der Waals surface area contributed by atoms with E-state index in [1.54, 1.807) is 48.5 Å². The predicted molar refractivity (Wildman–Crippen MR) is 124 cm³/mol. The molecule has 8 nitrogen and oxygen atoms in total. The third-order valence-corrected chi connectivity index (χ3v) is 5.72. The van der Waals surface area contributed by atoms with Gasteiger partial charge in [0.05, 0.1) is 17.5 Å². The summed E-state index contributed by atoms with van der Waals surface area (Å²) in [7, 11) is 0. The average Bonchev–Trinajstić information content (AvgIpc) is 2.81. The van der Waals surface area contributed by atoms with Crippen molar-refractivity contribution in [2.24, 2.45) is 11.8 Å². The van der Waals surface area contributed by atoms with Crippen LogP contribution in [-0.4, -0.2) is 29.7 Å². The van der Waals surface area contributed by atoms with Crippen molar-refractivity contribution in [2.45, 2.75) is 32.7 Å². The Balaban J connectivity index is 1.47. The van der Waals surface area contributed by atoms with Crippen LogP contribution < -0.4 is 21.1 Å². The highest BCUT2D eigenvalue weighted by Crippen LogP contribution is 2.32. The van der Waals surface area contributed by atoms with E-state index in [0.717, 1.165) is 0 Å². The number of hydrogen-bond donors (Lipinski definition) is 3. The van der Waals surface area contributed by atoms with Gasteiger partial charge in [-0.15, -0.1) is 0 Å². The molecule has 2 aromatic rings. The summed E-state index contributed by atoms with van der Waals surface area (Å²) in [6, 6.07) is 13.2. The van der Waals surface area contributed by atoms with Crippen molar-refractivity contribution >= 4 is 35.0 Å². The zero-order chi connectivity index (χ0) is 23.5. The molecule has 0 spiro atoms. The standard InChI is InChI=1S/C25H26N4O4/c1-15(2)26-22(30)16-10-12-18(13-11-16)27-23(31)17-6-5-7-19(14-17)29-25(33)21-9-4-3-8-20(21)24(32)28-29/h3-7,10-15,20-21H,8-9H2,1-2H3,(H,26,30)(H,27,31)(H,28,32). The monoisotopic (exact) mass is 446 g/mol. The van der Waals surface area contributed by atoms with Crippen LogP contribution >= 0.6 is 0 Å². The van der Waals surface area contributed by atoms with Crippen molar-refractivity contribution in [1.82, 2.24) is 10.7 Å². The Bertz CT molecular complexity index is 1120. The maximum atomic E-state index is 13.0. The lowest BCUT2D eigenvalue weighted by molar-refractivity contribution is -0.139. The number of hydrogen-bond acceptors (Lipinski definition) is 4. The molecule has 8 heteroatoms. The van der Waals surface area contributed by atoms with Gasteiger partial charge < -0.3 is 10.6 Å². The number of hydrazine groups is 1. The van der Waals surface area contributed by atoms with Gasteiger partial charge in [-0.2, -0.15) is 0 Å². The van der Waals surface area contributed by atoms with Crippen LogP contribution in [0.15, 0.2) is 60.7 Å². The summed E-state index contributed by atoms with van der Waals surface area (Å²) in [5.74, 6) is -1.68. The molecule has 2 unspecified atom stereocenters. The number of nitrogens with zero attached hydrogens (tertiary/aromatic N) is 1. The third kappa shape index (κ3) is 4.79. The number of allylic oxidation sites excluding steroid dienone is 2. The molecule has 0 saturated carbocycles. The first-order valence-corrected chi connectivity index (χ1v) is 11.0. The van der Waals surface area contributed by atoms with Gasteiger partial charge in [0.1, 0.15) is 0 Å². The number of amides is 4. The maximum absolute atomic E-state index is 13.0. The van der Waals surface area contributed by atoms with Crippen molar-refractivity contribution < 1.29 is 19.2 Å². The van der Waals surface area contributed by atoms with Crippen LogP contribution in [0.4, 0.5) is 11.4 Å². The smallest absolute Gasteiger partial charge is 0.255 e. The van der Waals surface area contributed by atoms with Crippen molar-refractivity contribution in [3.05, 3.63) is 71.8 Å². The molecule has 170 valence electrons. The molecule has 1 aliphatic carbocycles. The van der Waals surface area contributed by atoms with E-state index in [1.807, 2.05) is 26.0 Å². The largest absolute Gasteiger partial charge is 0.350 e. The molecule has 4 rings (SSSR count). The second-order valence-corrected chi connectivity index (χ2v) is 8.52. The quantitative estimate of drug-likeness (QED) is 0.614. The zero-order valence-electron chi connectivity index (χ0n) is 18.5. The molecule has 2 aromatic carbocycles. The maximum Gasteiger partial charge on any atom is 0.255 e. The first-order valence-electron chi connectivity index (χ1n) is 11.0. The Kier molecular flexibility index (Phi) is 6.26. The van der Waals surface area contributed by atoms with Gasteiger partial charge in [-0.25, -0.2) is 5.01 Å². The number of fused-ring (bicyclic) bond motifs is 1. The van der Waals surface area contributed by atoms with Crippen LogP contribution in [0.1, 0.15) is 47.4 Å². The third-order valence-electron chi connectivity index (χ3n) is 5.72. The van der Waals surface area contributed by atoms with Crippen LogP contribution in [0.5, 0.6) is 0 Å². The molecule has 1 aliphatic heterocycles. The Morgan fingerprint density at radius 3 is 2.33 bits per heavy atom. The molecule has 0 radical (unpaired) electrons. The normalized spacial score (nSPS) is 19.7. The summed E-state index contributed by atoms with van der Waals surface area (Å²) in [4.78, 5) is 50.3. The topological polar surface area (TPSA) is 108 Å². The number of benzene rings is 2. The lowest BCUT2D eigenvalue weighted by atomic mass is 9.80. The highest BCUT2D eigenvalue weighted by molar-refractivity contribution is 6.07. The second-order valence-electron chi connectivity index (χ2n) is 8.52. The fourth-order valence-electron chi connectivity index (χ4n) is 4.02.